The summed E-state index contributed by atoms with van der Waals surface area (Å²) >= 11 is 1.23. The number of carbonyl (C=O) groups is 2. The lowest BCUT2D eigenvalue weighted by Gasteiger charge is -2.13. The molecule has 3 rings (SSSR count). The third kappa shape index (κ3) is 3.95. The van der Waals surface area contributed by atoms with Crippen LogP contribution in [0.3, 0.4) is 0 Å². The molecule has 0 aliphatic rings. The maximum Gasteiger partial charge on any atom is 0.291 e. The number of hydrogen-bond donors (Lipinski definition) is 2. The molecule has 2 N–H and O–H groups in total. The molecule has 3 aromatic rings. The van der Waals surface area contributed by atoms with Crippen molar-refractivity contribution in [3.05, 3.63) is 70.8 Å². The van der Waals surface area contributed by atoms with E-state index in [2.05, 4.69) is 15.6 Å². The van der Waals surface area contributed by atoms with Crippen LogP contribution in [-0.2, 0) is 0 Å². The van der Waals surface area contributed by atoms with Gasteiger partial charge < -0.3 is 15.1 Å². The highest BCUT2D eigenvalue weighted by atomic mass is 32.1. The molecule has 3 heterocycles. The van der Waals surface area contributed by atoms with Crippen LogP contribution in [0, 0.1) is 6.92 Å². The summed E-state index contributed by atoms with van der Waals surface area (Å²) in [5.41, 5.74) is 1.73. The van der Waals surface area contributed by atoms with Gasteiger partial charge in [-0.3, -0.25) is 14.6 Å². The van der Waals surface area contributed by atoms with E-state index in [0.29, 0.717) is 9.88 Å². The molecule has 25 heavy (non-hydrogen) atoms. The first kappa shape index (κ1) is 16.9. The average Bonchev–Trinajstić information content (AvgIpc) is 3.25. The highest BCUT2D eigenvalue weighted by molar-refractivity contribution is 7.18. The lowest BCUT2D eigenvalue weighted by Crippen LogP contribution is -2.26. The fourth-order valence-electron chi connectivity index (χ4n) is 2.33. The molecular weight excluding hydrogens is 338 g/mol. The zero-order valence-electron chi connectivity index (χ0n) is 13.8. The van der Waals surface area contributed by atoms with Crippen molar-refractivity contribution in [2.24, 2.45) is 0 Å². The van der Waals surface area contributed by atoms with Crippen molar-refractivity contribution in [3.8, 4) is 0 Å². The van der Waals surface area contributed by atoms with Crippen molar-refractivity contribution in [2.75, 3.05) is 5.32 Å². The first-order chi connectivity index (χ1) is 12.0. The van der Waals surface area contributed by atoms with Crippen molar-refractivity contribution in [1.29, 1.82) is 0 Å². The summed E-state index contributed by atoms with van der Waals surface area (Å²) in [6.45, 7) is 3.74. The van der Waals surface area contributed by atoms with Gasteiger partial charge in [0.15, 0.2) is 5.76 Å². The molecule has 1 atom stereocenters. The normalized spacial score (nSPS) is 11.8. The lowest BCUT2D eigenvalue weighted by atomic mass is 10.1. The van der Waals surface area contributed by atoms with Gasteiger partial charge in [-0.1, -0.05) is 6.07 Å². The number of pyridine rings is 1. The number of rotatable bonds is 5. The van der Waals surface area contributed by atoms with Crippen LogP contribution in [0.25, 0.3) is 0 Å². The van der Waals surface area contributed by atoms with E-state index in [4.69, 9.17) is 4.42 Å². The van der Waals surface area contributed by atoms with Crippen molar-refractivity contribution < 1.29 is 14.0 Å². The fraction of sp³-hybridized carbons (Fsp3) is 0.167. The van der Waals surface area contributed by atoms with Crippen LogP contribution in [0.2, 0.25) is 0 Å². The summed E-state index contributed by atoms with van der Waals surface area (Å²) < 4.78 is 5.06. The fourth-order valence-corrected chi connectivity index (χ4v) is 3.30. The molecule has 2 amide bonds. The molecule has 0 bridgehead atoms. The topological polar surface area (TPSA) is 84.2 Å². The van der Waals surface area contributed by atoms with Gasteiger partial charge in [-0.05, 0) is 49.2 Å². The molecule has 128 valence electrons. The summed E-state index contributed by atoms with van der Waals surface area (Å²) in [7, 11) is 0. The zero-order chi connectivity index (χ0) is 17.8. The van der Waals surface area contributed by atoms with E-state index in [9.17, 15) is 9.59 Å². The van der Waals surface area contributed by atoms with E-state index in [1.807, 2.05) is 26.0 Å². The van der Waals surface area contributed by atoms with E-state index in [0.717, 1.165) is 11.1 Å². The Balaban J connectivity index is 1.69. The summed E-state index contributed by atoms with van der Waals surface area (Å²) in [6, 6.07) is 8.58. The molecule has 3 aromatic heterocycles. The second kappa shape index (κ2) is 7.31. The summed E-state index contributed by atoms with van der Waals surface area (Å²) in [4.78, 5) is 29.2. The number of anilines is 1. The number of amides is 2. The summed E-state index contributed by atoms with van der Waals surface area (Å²) in [6.07, 6.45) is 4.85. The van der Waals surface area contributed by atoms with Gasteiger partial charge in [0.2, 0.25) is 0 Å². The Morgan fingerprint density at radius 1 is 1.24 bits per heavy atom. The SMILES string of the molecule is Cc1cc(NC(=O)c2ccco2)sc1C(=O)NC(C)c1cccnc1. The van der Waals surface area contributed by atoms with Crippen LogP contribution in [0.15, 0.2) is 53.4 Å². The number of nitrogens with one attached hydrogen (secondary N) is 2. The van der Waals surface area contributed by atoms with Gasteiger partial charge in [-0.15, -0.1) is 11.3 Å². The zero-order valence-corrected chi connectivity index (χ0v) is 14.6. The summed E-state index contributed by atoms with van der Waals surface area (Å²) in [5.74, 6) is -0.304. The van der Waals surface area contributed by atoms with Crippen LogP contribution < -0.4 is 10.6 Å². The van der Waals surface area contributed by atoms with E-state index in [1.54, 1.807) is 30.6 Å². The van der Waals surface area contributed by atoms with E-state index < -0.39 is 0 Å². The Labute approximate surface area is 148 Å². The molecule has 0 saturated heterocycles. The summed E-state index contributed by atoms with van der Waals surface area (Å²) in [5, 5.41) is 6.28. The molecule has 0 aliphatic carbocycles. The molecule has 6 nitrogen and oxygen atoms in total. The Kier molecular flexibility index (Phi) is 4.95. The minimum absolute atomic E-state index is 0.163. The Bertz CT molecular complexity index is 872. The number of nitrogens with zero attached hydrogens (tertiary/aromatic N) is 1. The van der Waals surface area contributed by atoms with Gasteiger partial charge in [0, 0.05) is 12.4 Å². The van der Waals surface area contributed by atoms with Gasteiger partial charge in [0.25, 0.3) is 11.8 Å². The standard InChI is InChI=1S/C18H17N3O3S/c1-11-9-15(21-17(22)14-6-4-8-24-14)25-16(11)18(23)20-12(2)13-5-3-7-19-10-13/h3-10,12H,1-2H3,(H,20,23)(H,21,22). The van der Waals surface area contributed by atoms with Gasteiger partial charge in [-0.2, -0.15) is 0 Å². The van der Waals surface area contributed by atoms with Gasteiger partial charge in [0.05, 0.1) is 22.2 Å². The predicted octanol–water partition coefficient (Wildman–Crippen LogP) is 3.79. The number of carbonyl (C=O) groups excluding carboxylic acids is 2. The van der Waals surface area contributed by atoms with Crippen LogP contribution in [-0.4, -0.2) is 16.8 Å². The maximum atomic E-state index is 12.5. The largest absolute Gasteiger partial charge is 0.459 e. The molecule has 1 unspecified atom stereocenters. The molecule has 0 radical (unpaired) electrons. The van der Waals surface area contributed by atoms with Crippen LogP contribution in [0.4, 0.5) is 5.00 Å². The van der Waals surface area contributed by atoms with Crippen LogP contribution >= 0.6 is 11.3 Å². The highest BCUT2D eigenvalue weighted by Gasteiger charge is 2.18. The minimum atomic E-state index is -0.345. The molecule has 0 saturated carbocycles. The lowest BCUT2D eigenvalue weighted by molar-refractivity contribution is 0.0942. The third-order valence-electron chi connectivity index (χ3n) is 3.64. The maximum absolute atomic E-state index is 12.5. The average molecular weight is 355 g/mol. The molecule has 0 aliphatic heterocycles. The second-order valence-corrected chi connectivity index (χ2v) is 6.59. The highest BCUT2D eigenvalue weighted by Crippen LogP contribution is 2.27. The quantitative estimate of drug-likeness (QED) is 0.729. The second-order valence-electron chi connectivity index (χ2n) is 5.54. The van der Waals surface area contributed by atoms with Crippen molar-refractivity contribution >= 4 is 28.2 Å². The van der Waals surface area contributed by atoms with Crippen molar-refractivity contribution in [2.45, 2.75) is 19.9 Å². The molecule has 0 aromatic carbocycles. The predicted molar refractivity (Wildman–Crippen MR) is 95.8 cm³/mol. The number of aromatic nitrogens is 1. The first-order valence-corrected chi connectivity index (χ1v) is 8.52. The molecule has 7 heteroatoms. The molecular formula is C18H17N3O3S. The van der Waals surface area contributed by atoms with E-state index >= 15 is 0 Å². The van der Waals surface area contributed by atoms with E-state index in [-0.39, 0.29) is 23.6 Å². The van der Waals surface area contributed by atoms with Gasteiger partial charge in [-0.25, -0.2) is 0 Å². The Morgan fingerprint density at radius 2 is 2.08 bits per heavy atom. The number of hydrogen-bond acceptors (Lipinski definition) is 5. The van der Waals surface area contributed by atoms with Crippen molar-refractivity contribution in [3.63, 3.8) is 0 Å². The number of thiophene rings is 1. The monoisotopic (exact) mass is 355 g/mol. The molecule has 0 spiro atoms. The number of furan rings is 1. The Hall–Kier alpha value is -2.93. The van der Waals surface area contributed by atoms with Crippen LogP contribution in [0.1, 0.15) is 44.3 Å². The number of aryl methyl sites for hydroxylation is 1. The first-order valence-electron chi connectivity index (χ1n) is 7.70. The van der Waals surface area contributed by atoms with Crippen molar-refractivity contribution in [1.82, 2.24) is 10.3 Å². The van der Waals surface area contributed by atoms with Gasteiger partial charge >= 0.3 is 0 Å². The van der Waals surface area contributed by atoms with Crippen LogP contribution in [0.5, 0.6) is 0 Å². The third-order valence-corrected chi connectivity index (χ3v) is 4.79. The van der Waals surface area contributed by atoms with Gasteiger partial charge in [0.1, 0.15) is 0 Å². The smallest absolute Gasteiger partial charge is 0.291 e. The Morgan fingerprint density at radius 3 is 2.76 bits per heavy atom. The molecule has 0 fully saturated rings. The van der Waals surface area contributed by atoms with E-state index in [1.165, 1.54) is 17.6 Å². The minimum Gasteiger partial charge on any atom is -0.459 e.